The number of hydrogen-bond donors (Lipinski definition) is 0. The van der Waals surface area contributed by atoms with Crippen molar-refractivity contribution in [3.63, 3.8) is 0 Å². The average Bonchev–Trinajstić information content (AvgIpc) is 1.50. The van der Waals surface area contributed by atoms with E-state index in [2.05, 4.69) is 0 Å². The van der Waals surface area contributed by atoms with Crippen LogP contribution in [0.4, 0.5) is 0 Å². The van der Waals surface area contributed by atoms with Crippen molar-refractivity contribution in [2.45, 2.75) is 0 Å². The van der Waals surface area contributed by atoms with Gasteiger partial charge in [-0.15, -0.1) is 0 Å². The molecule has 0 amide bonds. The summed E-state index contributed by atoms with van der Waals surface area (Å²) in [6.07, 6.45) is 6.56. The van der Waals surface area contributed by atoms with Crippen LogP contribution in [0.25, 0.3) is 0 Å². The maximum absolute atomic E-state index is 9.56. The summed E-state index contributed by atoms with van der Waals surface area (Å²) >= 11 is -3.06. The molecule has 0 radical (unpaired) electrons. The minimum absolute atomic E-state index is 0.611. The van der Waals surface area contributed by atoms with Crippen LogP contribution in [0.1, 0.15) is 0 Å². The molecule has 0 aliphatic rings. The van der Waals surface area contributed by atoms with Gasteiger partial charge in [-0.3, -0.25) is 8.42 Å². The Morgan fingerprint density at radius 2 is 0.769 bits per heavy atom. The van der Waals surface area contributed by atoms with Crippen molar-refractivity contribution in [2.24, 2.45) is 0 Å². The third-order valence-electron chi connectivity index (χ3n) is 0. The van der Waals surface area contributed by atoms with E-state index in [1.165, 1.54) is 0 Å². The van der Waals surface area contributed by atoms with Crippen LogP contribution in [-0.4, -0.2) is 33.4 Å². The molecule has 0 aliphatic heterocycles. The van der Waals surface area contributed by atoms with Gasteiger partial charge in [-0.1, -0.05) is 0 Å². The Morgan fingerprint density at radius 3 is 0.769 bits per heavy atom. The van der Waals surface area contributed by atoms with Crippen molar-refractivity contribution in [3.8, 4) is 0 Å². The Morgan fingerprint density at radius 1 is 0.769 bits per heavy atom. The summed E-state index contributed by atoms with van der Waals surface area (Å²) in [5.41, 5.74) is 0. The van der Waals surface area contributed by atoms with E-state index in [0.717, 1.165) is 0 Å². The second-order valence-electron chi connectivity index (χ2n) is 1.75. The van der Waals surface area contributed by atoms with Gasteiger partial charge in [0.2, 0.25) is 0 Å². The molecule has 0 atom stereocenters. The molecule has 0 saturated heterocycles. The predicted octanol–water partition coefficient (Wildman–Crippen LogP) is 2.74. The zero-order chi connectivity index (χ0) is 11.7. The minimum atomic E-state index is -3.06. The molecule has 2 nitrogen and oxygen atoms in total. The predicted molar refractivity (Wildman–Crippen MR) is 63.4 cm³/mol. The molecule has 9 heteroatoms. The second kappa shape index (κ2) is 12.2. The molecule has 0 aromatic rings. The molecule has 0 bridgehead atoms. The van der Waals surface area contributed by atoms with E-state index in [9.17, 15) is 8.42 Å². The summed E-state index contributed by atoms with van der Waals surface area (Å²) in [5.74, 6) is 0. The van der Waals surface area contributed by atoms with E-state index >= 15 is 0 Å². The molecular weight excluding hydrogens is 481 g/mol. The Bertz CT molecular complexity index is 135. The number of hydrogen-bond acceptors (Lipinski definition) is 2. The van der Waals surface area contributed by atoms with E-state index < -0.39 is 33.5 Å². The first-order chi connectivity index (χ1) is 5.46. The Labute approximate surface area is 103 Å². The van der Waals surface area contributed by atoms with Crippen LogP contribution in [0.3, 0.4) is 0 Å². The molecule has 0 aliphatic carbocycles. The second-order valence-corrected chi connectivity index (χ2v) is 24.4. The molecule has 0 saturated carbocycles. The molecule has 0 rings (SSSR count). The van der Waals surface area contributed by atoms with Crippen LogP contribution < -0.4 is 0 Å². The van der Waals surface area contributed by atoms with Gasteiger partial charge >= 0.3 is 49.6 Å². The van der Waals surface area contributed by atoms with E-state index in [1.807, 2.05) is 0 Å². The molecule has 0 heterocycles. The standard InChI is InChI=1S/2C2H6OS.4ClH.Pt/c2*1-4(2)3;;;;;/h2*1-2H3;4*1H;/q;;;;;;+4/p-4. The van der Waals surface area contributed by atoms with Crippen LogP contribution >= 0.6 is 37.7 Å². The fourth-order valence-corrected chi connectivity index (χ4v) is 0. The summed E-state index contributed by atoms with van der Waals surface area (Å²) < 4.78 is 19.1. The molecule has 0 aromatic heterocycles. The van der Waals surface area contributed by atoms with Crippen molar-refractivity contribution in [1.29, 1.82) is 0 Å². The van der Waals surface area contributed by atoms with Crippen molar-refractivity contribution in [3.05, 3.63) is 0 Å². The first-order valence-electron chi connectivity index (χ1n) is 2.44. The fraction of sp³-hybridized carbons (Fsp3) is 1.00. The topological polar surface area (TPSA) is 34.1 Å². The van der Waals surface area contributed by atoms with Gasteiger partial charge in [-0.25, -0.2) is 0 Å². The van der Waals surface area contributed by atoms with Gasteiger partial charge in [0.15, 0.2) is 0 Å². The van der Waals surface area contributed by atoms with Gasteiger partial charge < -0.3 is 0 Å². The van der Waals surface area contributed by atoms with Crippen LogP contribution in [0.2, 0.25) is 0 Å². The van der Waals surface area contributed by atoms with Crippen molar-refractivity contribution in [2.75, 3.05) is 25.0 Å². The molecule has 0 unspecified atom stereocenters. The van der Waals surface area contributed by atoms with Gasteiger partial charge in [-0.2, -0.15) is 0 Å². The number of halogens is 4. The molecule has 0 spiro atoms. The van der Waals surface area contributed by atoms with E-state index in [4.69, 9.17) is 37.7 Å². The zero-order valence-electron chi connectivity index (χ0n) is 7.46. The van der Waals surface area contributed by atoms with Crippen LogP contribution in [0, 0.1) is 0 Å². The average molecular weight is 493 g/mol. The normalized spacial score (nSPS) is 11.2. The van der Waals surface area contributed by atoms with E-state index in [1.54, 1.807) is 25.0 Å². The summed E-state index contributed by atoms with van der Waals surface area (Å²) in [4.78, 5) is 0. The van der Waals surface area contributed by atoms with Gasteiger partial charge in [-0.05, 0) is 0 Å². The Hall–Kier alpha value is 2.15. The number of rotatable bonds is 0. The van der Waals surface area contributed by atoms with Gasteiger partial charge in [0, 0.05) is 46.6 Å². The first kappa shape index (κ1) is 20.5. The van der Waals surface area contributed by atoms with E-state index in [0.29, 0.717) is 0 Å². The van der Waals surface area contributed by atoms with Crippen LogP contribution in [0.5, 0.6) is 0 Å². The summed E-state index contributed by atoms with van der Waals surface area (Å²) in [6, 6.07) is 0. The third kappa shape index (κ3) is 452. The SMILES string of the molecule is CS(C)=O.CS(C)=O.[Cl][Pt]([Cl])([Cl])[Cl]. The Kier molecular flexibility index (Phi) is 19.3. The fourth-order valence-electron chi connectivity index (χ4n) is 0. The summed E-state index contributed by atoms with van der Waals surface area (Å²) in [5, 5.41) is 0. The van der Waals surface area contributed by atoms with Gasteiger partial charge in [0.1, 0.15) is 0 Å². The quantitative estimate of drug-likeness (QED) is 0.521. The first-order valence-corrected chi connectivity index (χ1v) is 17.6. The molecule has 0 fully saturated rings. The summed E-state index contributed by atoms with van der Waals surface area (Å²) in [7, 11) is 18.8. The Balaban J connectivity index is -0.000000117. The molecule has 90 valence electrons. The van der Waals surface area contributed by atoms with Crippen molar-refractivity contribution < 1.29 is 20.3 Å². The molecule has 13 heavy (non-hydrogen) atoms. The molecular formula is C4H12Cl4O2PtS2. The van der Waals surface area contributed by atoms with Gasteiger partial charge in [0.25, 0.3) is 0 Å². The maximum atomic E-state index is 9.56. The monoisotopic (exact) mass is 491 g/mol. The van der Waals surface area contributed by atoms with Crippen LogP contribution in [-0.2, 0) is 33.5 Å². The molecule has 0 aromatic carbocycles. The van der Waals surface area contributed by atoms with Crippen LogP contribution in [0.15, 0.2) is 0 Å². The summed E-state index contributed by atoms with van der Waals surface area (Å²) in [6.45, 7) is 0. The van der Waals surface area contributed by atoms with Crippen molar-refractivity contribution in [1.82, 2.24) is 0 Å². The van der Waals surface area contributed by atoms with Gasteiger partial charge in [0.05, 0.1) is 0 Å². The zero-order valence-corrected chi connectivity index (χ0v) is 14.4. The third-order valence-corrected chi connectivity index (χ3v) is 0. The van der Waals surface area contributed by atoms with Crippen molar-refractivity contribution >= 4 is 59.3 Å². The van der Waals surface area contributed by atoms with E-state index in [-0.39, 0.29) is 0 Å². The molecule has 0 N–H and O–H groups in total.